The maximum atomic E-state index is 10.7. The highest BCUT2D eigenvalue weighted by Gasteiger charge is 2.14. The van der Waals surface area contributed by atoms with Crippen molar-refractivity contribution in [1.82, 2.24) is 0 Å². The van der Waals surface area contributed by atoms with E-state index in [0.29, 0.717) is 24.7 Å². The zero-order chi connectivity index (χ0) is 14.3. The SMILES string of the molecule is CCCOc1ccc(CC(N)C(=O)O)cc1OCC. The van der Waals surface area contributed by atoms with Gasteiger partial charge in [-0.2, -0.15) is 0 Å². The molecule has 0 saturated heterocycles. The summed E-state index contributed by atoms with van der Waals surface area (Å²) in [6.07, 6.45) is 1.18. The second-order valence-electron chi connectivity index (χ2n) is 4.21. The first-order chi connectivity index (χ1) is 9.08. The van der Waals surface area contributed by atoms with Gasteiger partial charge in [0.15, 0.2) is 11.5 Å². The summed E-state index contributed by atoms with van der Waals surface area (Å²) in [6, 6.07) is 4.50. The molecule has 0 bridgehead atoms. The van der Waals surface area contributed by atoms with Gasteiger partial charge < -0.3 is 20.3 Å². The lowest BCUT2D eigenvalue weighted by Gasteiger charge is -2.14. The van der Waals surface area contributed by atoms with Gasteiger partial charge in [0.05, 0.1) is 13.2 Å². The first kappa shape index (κ1) is 15.3. The van der Waals surface area contributed by atoms with Crippen LogP contribution in [0, 0.1) is 0 Å². The average molecular weight is 267 g/mol. The number of benzene rings is 1. The molecule has 5 nitrogen and oxygen atoms in total. The van der Waals surface area contributed by atoms with Crippen molar-refractivity contribution in [3.05, 3.63) is 23.8 Å². The second-order valence-corrected chi connectivity index (χ2v) is 4.21. The van der Waals surface area contributed by atoms with Crippen LogP contribution in [0.5, 0.6) is 11.5 Å². The smallest absolute Gasteiger partial charge is 0.320 e. The van der Waals surface area contributed by atoms with Crippen LogP contribution in [0.25, 0.3) is 0 Å². The highest BCUT2D eigenvalue weighted by molar-refractivity contribution is 5.73. The van der Waals surface area contributed by atoms with Gasteiger partial charge in [-0.25, -0.2) is 0 Å². The largest absolute Gasteiger partial charge is 0.490 e. The number of ether oxygens (including phenoxy) is 2. The Bertz CT molecular complexity index is 420. The van der Waals surface area contributed by atoms with E-state index >= 15 is 0 Å². The van der Waals surface area contributed by atoms with Crippen molar-refractivity contribution in [3.8, 4) is 11.5 Å². The fourth-order valence-corrected chi connectivity index (χ4v) is 1.62. The number of hydrogen-bond acceptors (Lipinski definition) is 4. The predicted octanol–water partition coefficient (Wildman–Crippen LogP) is 1.83. The first-order valence-corrected chi connectivity index (χ1v) is 6.45. The third-order valence-corrected chi connectivity index (χ3v) is 2.54. The van der Waals surface area contributed by atoms with Crippen molar-refractivity contribution < 1.29 is 19.4 Å². The average Bonchev–Trinajstić information content (AvgIpc) is 2.38. The van der Waals surface area contributed by atoms with Gasteiger partial charge in [0.2, 0.25) is 0 Å². The summed E-state index contributed by atoms with van der Waals surface area (Å²) in [5.41, 5.74) is 6.34. The van der Waals surface area contributed by atoms with E-state index in [1.807, 2.05) is 19.9 Å². The highest BCUT2D eigenvalue weighted by Crippen LogP contribution is 2.29. The quantitative estimate of drug-likeness (QED) is 0.751. The summed E-state index contributed by atoms with van der Waals surface area (Å²) in [5.74, 6) is 0.298. The lowest BCUT2D eigenvalue weighted by molar-refractivity contribution is -0.138. The molecule has 1 aromatic rings. The van der Waals surface area contributed by atoms with E-state index < -0.39 is 12.0 Å². The molecule has 0 aliphatic heterocycles. The number of carboxylic acid groups (broad SMARTS) is 1. The van der Waals surface area contributed by atoms with Crippen LogP contribution in [0.3, 0.4) is 0 Å². The molecule has 19 heavy (non-hydrogen) atoms. The molecule has 1 aromatic carbocycles. The number of carboxylic acids is 1. The molecule has 0 amide bonds. The zero-order valence-corrected chi connectivity index (χ0v) is 11.4. The van der Waals surface area contributed by atoms with Gasteiger partial charge in [-0.3, -0.25) is 4.79 Å². The summed E-state index contributed by atoms with van der Waals surface area (Å²) in [4.78, 5) is 10.7. The Morgan fingerprint density at radius 1 is 1.32 bits per heavy atom. The molecule has 0 aliphatic rings. The standard InChI is InChI=1S/C14H21NO4/c1-3-7-19-12-6-5-10(8-11(15)14(16)17)9-13(12)18-4-2/h5-6,9,11H,3-4,7-8,15H2,1-2H3,(H,16,17). The van der Waals surface area contributed by atoms with Crippen molar-refractivity contribution >= 4 is 5.97 Å². The summed E-state index contributed by atoms with van der Waals surface area (Å²) in [6.45, 7) is 5.06. The molecule has 0 radical (unpaired) electrons. The molecular formula is C14H21NO4. The molecule has 3 N–H and O–H groups in total. The van der Waals surface area contributed by atoms with Gasteiger partial charge in [-0.05, 0) is 37.5 Å². The van der Waals surface area contributed by atoms with E-state index in [1.165, 1.54) is 0 Å². The second kappa shape index (κ2) is 7.63. The van der Waals surface area contributed by atoms with Gasteiger partial charge >= 0.3 is 5.97 Å². The lowest BCUT2D eigenvalue weighted by atomic mass is 10.1. The molecule has 1 atom stereocenters. The van der Waals surface area contributed by atoms with Crippen molar-refractivity contribution in [2.75, 3.05) is 13.2 Å². The minimum Gasteiger partial charge on any atom is -0.490 e. The molecule has 1 rings (SSSR count). The third-order valence-electron chi connectivity index (χ3n) is 2.54. The molecule has 5 heteroatoms. The van der Waals surface area contributed by atoms with Crippen molar-refractivity contribution in [2.24, 2.45) is 5.73 Å². The van der Waals surface area contributed by atoms with Crippen LogP contribution in [0.4, 0.5) is 0 Å². The maximum absolute atomic E-state index is 10.7. The highest BCUT2D eigenvalue weighted by atomic mass is 16.5. The van der Waals surface area contributed by atoms with Gasteiger partial charge in [-0.15, -0.1) is 0 Å². The molecular weight excluding hydrogens is 246 g/mol. The molecule has 0 fully saturated rings. The van der Waals surface area contributed by atoms with Crippen LogP contribution in [0.2, 0.25) is 0 Å². The Hall–Kier alpha value is -1.75. The Morgan fingerprint density at radius 2 is 2.05 bits per heavy atom. The van der Waals surface area contributed by atoms with Crippen LogP contribution in [-0.4, -0.2) is 30.3 Å². The third kappa shape index (κ3) is 4.79. The van der Waals surface area contributed by atoms with Crippen LogP contribution >= 0.6 is 0 Å². The van der Waals surface area contributed by atoms with Gasteiger partial charge in [0, 0.05) is 0 Å². The normalized spacial score (nSPS) is 11.9. The van der Waals surface area contributed by atoms with Crippen molar-refractivity contribution in [3.63, 3.8) is 0 Å². The summed E-state index contributed by atoms with van der Waals surface area (Å²) in [7, 11) is 0. The molecule has 0 spiro atoms. The van der Waals surface area contributed by atoms with Crippen molar-refractivity contribution in [1.29, 1.82) is 0 Å². The lowest BCUT2D eigenvalue weighted by Crippen LogP contribution is -2.32. The van der Waals surface area contributed by atoms with E-state index in [1.54, 1.807) is 12.1 Å². The van der Waals surface area contributed by atoms with Crippen LogP contribution in [0.1, 0.15) is 25.8 Å². The van der Waals surface area contributed by atoms with Gasteiger partial charge in [-0.1, -0.05) is 13.0 Å². The van der Waals surface area contributed by atoms with E-state index in [9.17, 15) is 4.79 Å². The van der Waals surface area contributed by atoms with E-state index in [0.717, 1.165) is 12.0 Å². The zero-order valence-electron chi connectivity index (χ0n) is 11.4. The molecule has 0 aliphatic carbocycles. The van der Waals surface area contributed by atoms with Crippen LogP contribution in [0.15, 0.2) is 18.2 Å². The number of carbonyl (C=O) groups is 1. The summed E-state index contributed by atoms with van der Waals surface area (Å²) < 4.78 is 11.1. The topological polar surface area (TPSA) is 81.8 Å². The number of nitrogens with two attached hydrogens (primary N) is 1. The minimum atomic E-state index is -1.01. The van der Waals surface area contributed by atoms with E-state index in [-0.39, 0.29) is 6.42 Å². The van der Waals surface area contributed by atoms with E-state index in [4.69, 9.17) is 20.3 Å². The van der Waals surface area contributed by atoms with E-state index in [2.05, 4.69) is 0 Å². The fraction of sp³-hybridized carbons (Fsp3) is 0.500. The Labute approximate surface area is 113 Å². The molecule has 0 aromatic heterocycles. The predicted molar refractivity (Wildman–Crippen MR) is 72.7 cm³/mol. The van der Waals surface area contributed by atoms with Gasteiger partial charge in [0.25, 0.3) is 0 Å². The Kier molecular flexibility index (Phi) is 6.15. The Morgan fingerprint density at radius 3 is 2.63 bits per heavy atom. The molecule has 0 heterocycles. The first-order valence-electron chi connectivity index (χ1n) is 6.45. The Balaban J connectivity index is 2.85. The van der Waals surface area contributed by atoms with Crippen LogP contribution < -0.4 is 15.2 Å². The minimum absolute atomic E-state index is 0.267. The number of aliphatic carboxylic acids is 1. The maximum Gasteiger partial charge on any atom is 0.320 e. The molecule has 1 unspecified atom stereocenters. The van der Waals surface area contributed by atoms with Crippen LogP contribution in [-0.2, 0) is 11.2 Å². The summed E-state index contributed by atoms with van der Waals surface area (Å²) >= 11 is 0. The molecule has 0 saturated carbocycles. The number of rotatable bonds is 8. The van der Waals surface area contributed by atoms with Gasteiger partial charge in [0.1, 0.15) is 6.04 Å². The fourth-order valence-electron chi connectivity index (χ4n) is 1.62. The monoisotopic (exact) mass is 267 g/mol. The van der Waals surface area contributed by atoms with Crippen molar-refractivity contribution in [2.45, 2.75) is 32.7 Å². The molecule has 106 valence electrons. The number of hydrogen-bond donors (Lipinski definition) is 2. The summed E-state index contributed by atoms with van der Waals surface area (Å²) in [5, 5.41) is 8.81.